The van der Waals surface area contributed by atoms with Crippen LogP contribution >= 0.6 is 0 Å². The van der Waals surface area contributed by atoms with E-state index in [4.69, 9.17) is 10.00 Å². The quantitative estimate of drug-likeness (QED) is 0.602. The lowest BCUT2D eigenvalue weighted by molar-refractivity contribution is 0.225. The Bertz CT molecular complexity index is 365. The van der Waals surface area contributed by atoms with Crippen LogP contribution in [0.4, 0.5) is 0 Å². The molecule has 0 saturated carbocycles. The molecular weight excluding hydrogens is 162 g/mol. The molecule has 1 aromatic rings. The Morgan fingerprint density at radius 2 is 2.38 bits per heavy atom. The van der Waals surface area contributed by atoms with E-state index < -0.39 is 0 Å². The van der Waals surface area contributed by atoms with Crippen molar-refractivity contribution in [3.63, 3.8) is 0 Å². The molecule has 13 heavy (non-hydrogen) atoms. The van der Waals surface area contributed by atoms with Gasteiger partial charge in [-0.2, -0.15) is 5.26 Å². The third kappa shape index (κ3) is 1.50. The predicted octanol–water partition coefficient (Wildman–Crippen LogP) is 2.21. The summed E-state index contributed by atoms with van der Waals surface area (Å²) in [5.41, 5.74) is 2.40. The Morgan fingerprint density at radius 1 is 1.54 bits per heavy atom. The van der Waals surface area contributed by atoms with Crippen LogP contribution in [0.1, 0.15) is 17.5 Å². The van der Waals surface area contributed by atoms with Gasteiger partial charge in [0.15, 0.2) is 6.10 Å². The Labute approximate surface area is 77.8 Å². The lowest BCUT2D eigenvalue weighted by Gasteiger charge is -2.21. The van der Waals surface area contributed by atoms with Crippen LogP contribution in [-0.4, -0.2) is 6.10 Å². The molecule has 0 aliphatic carbocycles. The second-order valence-electron chi connectivity index (χ2n) is 3.39. The average Bonchev–Trinajstić information content (AvgIpc) is 2.16. The molecule has 1 unspecified atom stereocenters. The number of nitrogens with zero attached hydrogens (tertiary/aromatic N) is 1. The normalized spacial score (nSPS) is 19.8. The third-order valence-corrected chi connectivity index (χ3v) is 2.31. The summed E-state index contributed by atoms with van der Waals surface area (Å²) < 4.78 is 5.50. The van der Waals surface area contributed by atoms with Crippen LogP contribution in [0, 0.1) is 18.3 Å². The van der Waals surface area contributed by atoms with Crippen molar-refractivity contribution in [3.8, 4) is 11.8 Å². The zero-order valence-corrected chi connectivity index (χ0v) is 7.58. The minimum absolute atomic E-state index is 0.255. The van der Waals surface area contributed by atoms with E-state index in [1.165, 1.54) is 11.1 Å². The molecule has 1 aromatic carbocycles. The van der Waals surface area contributed by atoms with Crippen LogP contribution in [-0.2, 0) is 6.42 Å². The van der Waals surface area contributed by atoms with Gasteiger partial charge in [0.1, 0.15) is 11.8 Å². The molecule has 2 rings (SSSR count). The molecule has 1 heterocycles. The zero-order chi connectivity index (χ0) is 9.26. The molecule has 1 atom stereocenters. The minimum Gasteiger partial charge on any atom is -0.475 e. The number of hydrogen-bond donors (Lipinski definition) is 0. The summed E-state index contributed by atoms with van der Waals surface area (Å²) in [5.74, 6) is 0.887. The van der Waals surface area contributed by atoms with Gasteiger partial charge in [0.25, 0.3) is 0 Å². The van der Waals surface area contributed by atoms with Gasteiger partial charge in [-0.25, -0.2) is 0 Å². The Balaban J connectivity index is 2.34. The van der Waals surface area contributed by atoms with Crippen molar-refractivity contribution in [2.24, 2.45) is 0 Å². The molecule has 1 aliphatic rings. The highest BCUT2D eigenvalue weighted by Gasteiger charge is 2.18. The number of nitriles is 1. The van der Waals surface area contributed by atoms with Crippen LogP contribution in [0.15, 0.2) is 18.2 Å². The minimum atomic E-state index is -0.255. The fraction of sp³-hybridized carbons (Fsp3) is 0.364. The maximum atomic E-state index is 8.71. The number of rotatable bonds is 0. The van der Waals surface area contributed by atoms with Crippen LogP contribution < -0.4 is 4.74 Å². The molecule has 0 radical (unpaired) electrons. The highest BCUT2D eigenvalue weighted by molar-refractivity contribution is 5.39. The first-order valence-corrected chi connectivity index (χ1v) is 4.45. The van der Waals surface area contributed by atoms with E-state index in [9.17, 15) is 0 Å². The largest absolute Gasteiger partial charge is 0.475 e. The summed E-state index contributed by atoms with van der Waals surface area (Å²) in [6.45, 7) is 2.03. The highest BCUT2D eigenvalue weighted by Crippen LogP contribution is 2.28. The average molecular weight is 173 g/mol. The molecule has 0 spiro atoms. The Hall–Kier alpha value is -1.49. The van der Waals surface area contributed by atoms with Crippen LogP contribution in [0.3, 0.4) is 0 Å². The van der Waals surface area contributed by atoms with Crippen molar-refractivity contribution in [1.82, 2.24) is 0 Å². The topological polar surface area (TPSA) is 33.0 Å². The van der Waals surface area contributed by atoms with Crippen molar-refractivity contribution < 1.29 is 4.74 Å². The van der Waals surface area contributed by atoms with Gasteiger partial charge in [0.2, 0.25) is 0 Å². The van der Waals surface area contributed by atoms with Crippen molar-refractivity contribution in [2.45, 2.75) is 25.9 Å². The number of benzene rings is 1. The molecule has 0 bridgehead atoms. The first kappa shape index (κ1) is 8.12. The van der Waals surface area contributed by atoms with Gasteiger partial charge in [-0.05, 0) is 30.5 Å². The molecule has 0 aromatic heterocycles. The molecule has 0 saturated heterocycles. The van der Waals surface area contributed by atoms with Crippen LogP contribution in [0.5, 0.6) is 5.75 Å². The molecule has 0 fully saturated rings. The van der Waals surface area contributed by atoms with E-state index >= 15 is 0 Å². The highest BCUT2D eigenvalue weighted by atomic mass is 16.5. The summed E-state index contributed by atoms with van der Waals surface area (Å²) in [6, 6.07) is 8.30. The first-order valence-electron chi connectivity index (χ1n) is 4.45. The van der Waals surface area contributed by atoms with Gasteiger partial charge < -0.3 is 4.74 Å². The summed E-state index contributed by atoms with van der Waals surface area (Å²) >= 11 is 0. The van der Waals surface area contributed by atoms with Gasteiger partial charge in [-0.15, -0.1) is 0 Å². The van der Waals surface area contributed by atoms with Crippen LogP contribution in [0.2, 0.25) is 0 Å². The molecule has 0 amide bonds. The van der Waals surface area contributed by atoms with Gasteiger partial charge in [-0.1, -0.05) is 12.1 Å². The van der Waals surface area contributed by atoms with Gasteiger partial charge in [0.05, 0.1) is 0 Å². The molecule has 66 valence electrons. The van der Waals surface area contributed by atoms with Crippen molar-refractivity contribution >= 4 is 0 Å². The lowest BCUT2D eigenvalue weighted by Crippen LogP contribution is -2.20. The van der Waals surface area contributed by atoms with E-state index in [0.29, 0.717) is 0 Å². The number of hydrogen-bond acceptors (Lipinski definition) is 2. The zero-order valence-electron chi connectivity index (χ0n) is 7.58. The summed E-state index contributed by atoms with van der Waals surface area (Å²) in [6.07, 6.45) is 1.51. The van der Waals surface area contributed by atoms with Crippen LogP contribution in [0.25, 0.3) is 0 Å². The molecular formula is C11H11NO. The van der Waals surface area contributed by atoms with Gasteiger partial charge >= 0.3 is 0 Å². The maximum Gasteiger partial charge on any atom is 0.184 e. The molecule has 0 N–H and O–H groups in total. The Morgan fingerprint density at radius 3 is 3.15 bits per heavy atom. The number of fused-ring (bicyclic) bond motifs is 1. The van der Waals surface area contributed by atoms with Crippen molar-refractivity contribution in [2.75, 3.05) is 0 Å². The third-order valence-electron chi connectivity index (χ3n) is 2.31. The molecule has 2 heteroatoms. The van der Waals surface area contributed by atoms with E-state index in [1.807, 2.05) is 13.0 Å². The molecule has 2 nitrogen and oxygen atoms in total. The lowest BCUT2D eigenvalue weighted by atomic mass is 10.0. The first-order chi connectivity index (χ1) is 6.29. The second kappa shape index (κ2) is 3.10. The van der Waals surface area contributed by atoms with Crippen molar-refractivity contribution in [3.05, 3.63) is 29.3 Å². The smallest absolute Gasteiger partial charge is 0.184 e. The summed E-state index contributed by atoms with van der Waals surface area (Å²) in [7, 11) is 0. The fourth-order valence-corrected chi connectivity index (χ4v) is 1.57. The van der Waals surface area contributed by atoms with E-state index in [1.54, 1.807) is 0 Å². The predicted molar refractivity (Wildman–Crippen MR) is 49.5 cm³/mol. The standard InChI is InChI=1S/C11H11NO/c1-8-2-3-9-4-5-10(7-12)13-11(9)6-8/h2-3,6,10H,4-5H2,1H3. The number of ether oxygens (including phenoxy) is 1. The second-order valence-corrected chi connectivity index (χ2v) is 3.39. The Kier molecular flexibility index (Phi) is 1.94. The van der Waals surface area contributed by atoms with Gasteiger partial charge in [-0.3, -0.25) is 0 Å². The number of aryl methyl sites for hydroxylation is 2. The van der Waals surface area contributed by atoms with Crippen molar-refractivity contribution in [1.29, 1.82) is 5.26 Å². The summed E-state index contributed by atoms with van der Waals surface area (Å²) in [4.78, 5) is 0. The maximum absolute atomic E-state index is 8.71. The van der Waals surface area contributed by atoms with E-state index in [-0.39, 0.29) is 6.10 Å². The fourth-order valence-electron chi connectivity index (χ4n) is 1.57. The molecule has 1 aliphatic heterocycles. The van der Waals surface area contributed by atoms with E-state index in [2.05, 4.69) is 18.2 Å². The SMILES string of the molecule is Cc1ccc2c(c1)OC(C#N)CC2. The summed E-state index contributed by atoms with van der Waals surface area (Å²) in [5, 5.41) is 8.71. The monoisotopic (exact) mass is 173 g/mol. The van der Waals surface area contributed by atoms with E-state index in [0.717, 1.165) is 18.6 Å². The van der Waals surface area contributed by atoms with Gasteiger partial charge in [0, 0.05) is 6.42 Å².